The molecule has 0 aromatic rings. The van der Waals surface area contributed by atoms with E-state index in [2.05, 4.69) is 0 Å². The number of rotatable bonds is 0. The summed E-state index contributed by atoms with van der Waals surface area (Å²) in [6.07, 6.45) is 0. The van der Waals surface area contributed by atoms with Crippen LogP contribution in [0.4, 0.5) is 0 Å². The molecular formula is H9BiGeOSi. The first-order chi connectivity index (χ1) is 1.00. The molecule has 0 aromatic heterocycles. The quantitative estimate of drug-likeness (QED) is 0.417. The SMILES string of the molecule is [BiH3].[O]=[GeH2].[SiH4]. The second-order valence-electron chi connectivity index (χ2n) is 0. The maximum absolute atomic E-state index is 8.38. The molecule has 0 heterocycles. The Morgan fingerprint density at radius 2 is 1.25 bits per heavy atom. The summed E-state index contributed by atoms with van der Waals surface area (Å²) in [6.45, 7) is 0. The van der Waals surface area contributed by atoms with Gasteiger partial charge >= 0.3 is 46.4 Å². The predicted molar refractivity (Wildman–Crippen MR) is 30.5 cm³/mol. The molecule has 0 aliphatic carbocycles. The summed E-state index contributed by atoms with van der Waals surface area (Å²) in [5.41, 5.74) is 0. The Balaban J connectivity index is -0.00000000500. The monoisotopic (exact) mass is 336 g/mol. The number of hydrogen-bond acceptors (Lipinski definition) is 1. The Morgan fingerprint density at radius 3 is 1.25 bits per heavy atom. The molecule has 0 aliphatic rings. The fraction of sp³-hybridized carbons (Fsp3) is 0. The molecule has 4 heteroatoms. The van der Waals surface area contributed by atoms with E-state index >= 15 is 0 Å². The smallest absolute Gasteiger partial charge is 0.0149 e. The van der Waals surface area contributed by atoms with Crippen LogP contribution >= 0.6 is 0 Å². The van der Waals surface area contributed by atoms with Gasteiger partial charge in [-0.05, 0) is 11.0 Å². The third-order valence-corrected chi connectivity index (χ3v) is 0. The van der Waals surface area contributed by atoms with Crippen LogP contribution in [0.25, 0.3) is 0 Å². The van der Waals surface area contributed by atoms with E-state index < -0.39 is 0 Å². The fourth-order valence-electron chi connectivity index (χ4n) is 0. The third-order valence-electron chi connectivity index (χ3n) is 0. The Hall–Kier alpha value is 1.44. The van der Waals surface area contributed by atoms with Crippen LogP contribution in [0.15, 0.2) is 0 Å². The van der Waals surface area contributed by atoms with Crippen LogP contribution < -0.4 is 0 Å². The molecule has 0 saturated heterocycles. The van der Waals surface area contributed by atoms with E-state index in [1.54, 1.807) is 0 Å². The van der Waals surface area contributed by atoms with E-state index in [-0.39, 0.29) is 53.6 Å². The summed E-state index contributed by atoms with van der Waals surface area (Å²) < 4.78 is 8.38. The molecule has 0 atom stereocenters. The van der Waals surface area contributed by atoms with Gasteiger partial charge in [-0.1, -0.05) is 0 Å². The van der Waals surface area contributed by atoms with Crippen LogP contribution in [0.5, 0.6) is 0 Å². The van der Waals surface area contributed by atoms with Crippen molar-refractivity contribution in [3.8, 4) is 0 Å². The van der Waals surface area contributed by atoms with Crippen molar-refractivity contribution in [2.24, 2.45) is 0 Å². The molecule has 0 N–H and O–H groups in total. The maximum atomic E-state index is 8.38. The largest absolute Gasteiger partial charge is 0.0149 e. The zero-order valence-electron chi connectivity index (χ0n) is 1.82. The second-order valence-corrected chi connectivity index (χ2v) is 0. The Labute approximate surface area is 57.1 Å². The number of hydrogen-bond donors (Lipinski definition) is 0. The second kappa shape index (κ2) is 25.3. The maximum Gasteiger partial charge on any atom is -0.0149 e. The van der Waals surface area contributed by atoms with Crippen LogP contribution in [-0.2, 0) is 3.78 Å². The standard InChI is InChI=1S/Bi.GeH2O.H4Si.3H/c;1-2;;;;/h;1H2;1H4;;;. The molecule has 0 radical (unpaired) electrons. The first-order valence-electron chi connectivity index (χ1n) is 0.289. The molecule has 0 spiro atoms. The average Bonchev–Trinajstić information content (AvgIpc) is 1.00. The normalized spacial score (nSPS) is 1.00. The average molecular weight is 335 g/mol. The molecule has 0 amide bonds. The summed E-state index contributed by atoms with van der Waals surface area (Å²) in [4.78, 5) is 0. The van der Waals surface area contributed by atoms with Crippen molar-refractivity contribution in [1.82, 2.24) is 0 Å². The summed E-state index contributed by atoms with van der Waals surface area (Å²) in [6, 6.07) is 0. The van der Waals surface area contributed by atoms with Crippen molar-refractivity contribution in [2.45, 2.75) is 0 Å². The van der Waals surface area contributed by atoms with Gasteiger partial charge in [0.1, 0.15) is 0 Å². The summed E-state index contributed by atoms with van der Waals surface area (Å²) in [5, 5.41) is 0. The molecule has 0 aliphatic heterocycles. The van der Waals surface area contributed by atoms with Gasteiger partial charge in [-0.2, -0.15) is 0 Å². The molecule has 1 nitrogen and oxygen atoms in total. The topological polar surface area (TPSA) is 17.1 Å². The Bertz CT molecular complexity index is 8.00. The molecule has 4 heavy (non-hydrogen) atoms. The van der Waals surface area contributed by atoms with Crippen molar-refractivity contribution in [2.75, 3.05) is 0 Å². The molecule has 0 saturated carbocycles. The van der Waals surface area contributed by atoms with E-state index in [1.165, 1.54) is 0 Å². The zero-order valence-corrected chi connectivity index (χ0v) is 10.3. The van der Waals surface area contributed by atoms with Crippen LogP contribution in [0.3, 0.4) is 0 Å². The van der Waals surface area contributed by atoms with Crippen LogP contribution in [0.1, 0.15) is 0 Å². The Morgan fingerprint density at radius 1 is 1.25 bits per heavy atom. The van der Waals surface area contributed by atoms with Crippen LogP contribution in [0.2, 0.25) is 0 Å². The van der Waals surface area contributed by atoms with Crippen molar-refractivity contribution in [3.05, 3.63) is 0 Å². The molecule has 0 fully saturated rings. The van der Waals surface area contributed by atoms with Gasteiger partial charge in [0.25, 0.3) is 0 Å². The van der Waals surface area contributed by atoms with Gasteiger partial charge in [0, 0.05) is 0 Å². The van der Waals surface area contributed by atoms with Crippen LogP contribution in [0, 0.1) is 0 Å². The summed E-state index contributed by atoms with van der Waals surface area (Å²) in [7, 11) is 0. The minimum atomic E-state index is 0. The van der Waals surface area contributed by atoms with Gasteiger partial charge in [0.2, 0.25) is 0 Å². The first-order valence-corrected chi connectivity index (χ1v) is 1.50. The van der Waals surface area contributed by atoms with E-state index in [0.717, 1.165) is 0 Å². The minimum absolute atomic E-state index is 0. The van der Waals surface area contributed by atoms with E-state index in [4.69, 9.17) is 3.78 Å². The van der Waals surface area contributed by atoms with Crippen molar-refractivity contribution in [1.29, 1.82) is 0 Å². The van der Waals surface area contributed by atoms with Gasteiger partial charge in [0.15, 0.2) is 0 Å². The molecule has 28 valence electrons. The van der Waals surface area contributed by atoms with Gasteiger partial charge in [-0.15, -0.1) is 0 Å². The van der Waals surface area contributed by atoms with E-state index in [9.17, 15) is 0 Å². The van der Waals surface area contributed by atoms with Gasteiger partial charge in [-0.3, -0.25) is 0 Å². The van der Waals surface area contributed by atoms with Crippen molar-refractivity contribution in [3.63, 3.8) is 0 Å². The first kappa shape index (κ1) is 18.0. The molecular weight excluding hydrogens is 326 g/mol. The molecule has 0 rings (SSSR count). The molecule has 0 bridgehead atoms. The van der Waals surface area contributed by atoms with Crippen molar-refractivity contribution >= 4 is 53.6 Å². The predicted octanol–water partition coefficient (Wildman–Crippen LogP) is -3.67. The third kappa shape index (κ3) is 9.87. The van der Waals surface area contributed by atoms with Gasteiger partial charge in [0.05, 0.1) is 0 Å². The van der Waals surface area contributed by atoms with Crippen molar-refractivity contribution < 1.29 is 3.78 Å². The minimum Gasteiger partial charge on any atom is -0.0149 e. The molecule has 0 unspecified atom stereocenters. The van der Waals surface area contributed by atoms with Gasteiger partial charge in [-0.25, -0.2) is 0 Å². The summed E-state index contributed by atoms with van der Waals surface area (Å²) in [5.74, 6) is 0. The van der Waals surface area contributed by atoms with Gasteiger partial charge < -0.3 is 0 Å². The van der Waals surface area contributed by atoms with E-state index in [1.807, 2.05) is 0 Å². The molecule has 0 aromatic carbocycles. The van der Waals surface area contributed by atoms with E-state index in [0.29, 0.717) is 0 Å². The fourth-order valence-corrected chi connectivity index (χ4v) is 0. The summed E-state index contributed by atoms with van der Waals surface area (Å²) >= 11 is 0.125. The zero-order chi connectivity index (χ0) is 2.00. The Kier molecular flexibility index (Phi) is 114. The van der Waals surface area contributed by atoms with Crippen LogP contribution in [-0.4, -0.2) is 53.6 Å².